The summed E-state index contributed by atoms with van der Waals surface area (Å²) in [6, 6.07) is 6.36. The summed E-state index contributed by atoms with van der Waals surface area (Å²) < 4.78 is 26.5. The quantitative estimate of drug-likeness (QED) is 0.0929. The van der Waals surface area contributed by atoms with Gasteiger partial charge in [0.1, 0.15) is 11.4 Å². The molecule has 0 aliphatic rings. The molecule has 0 saturated heterocycles. The van der Waals surface area contributed by atoms with Gasteiger partial charge in [0.2, 0.25) is 5.88 Å². The molecular formula is C34H36Br4N4O11. The zero-order chi connectivity index (χ0) is 40.6. The van der Waals surface area contributed by atoms with Gasteiger partial charge in [0.25, 0.3) is 5.56 Å². The average molecular weight is 996 g/mol. The van der Waals surface area contributed by atoms with Gasteiger partial charge in [-0.05, 0) is 139 Å². The number of aryl methyl sites for hydroxylation is 4. The number of aromatic nitrogens is 4. The molecule has 1 N–H and O–H groups in total. The van der Waals surface area contributed by atoms with Crippen molar-refractivity contribution in [1.82, 2.24) is 15.0 Å². The number of ether oxygens (including phenoxy) is 5. The molecular weight excluding hydrogens is 960 g/mol. The number of H-pyrrole nitrogens is 1. The molecule has 286 valence electrons. The van der Waals surface area contributed by atoms with E-state index in [9.17, 15) is 29.2 Å². The predicted octanol–water partition coefficient (Wildman–Crippen LogP) is 6.69. The SMILES string of the molecule is CCOc1nc(C(=O)OC)cc(C)c1Br.COC(=O)c1cc(C)c(Br)c(=O)[nH]1.COC(=O)c1cc(C)c(Br)c[n+]1[O-].COC(=O)c1cc(C)c(Br)cn1. The molecule has 53 heavy (non-hydrogen) atoms. The van der Waals surface area contributed by atoms with E-state index in [0.29, 0.717) is 37.4 Å². The van der Waals surface area contributed by atoms with E-state index in [0.717, 1.165) is 25.6 Å². The lowest BCUT2D eigenvalue weighted by molar-refractivity contribution is -0.609. The topological polar surface area (TPSA) is 200 Å². The Morgan fingerprint density at radius 2 is 1.23 bits per heavy atom. The number of hydrogen-bond donors (Lipinski definition) is 1. The first-order chi connectivity index (χ1) is 24.9. The fourth-order valence-corrected chi connectivity index (χ4v) is 4.63. The van der Waals surface area contributed by atoms with Gasteiger partial charge in [-0.2, -0.15) is 4.73 Å². The number of nitrogens with one attached hydrogen (secondary N) is 1. The standard InChI is InChI=1S/C10H12BrNO3.2C8H8BrNO3.C8H8BrNO2/c1-4-15-9-8(11)6(2)5-7(12-9)10(13)14-3;1-5-3-7(8(11)13-2)10(12)4-6(5)9;1-4-3-5(8(12)13-2)10-7(11)6(4)9;1-5-3-7(8(11)12-2)10-4-6(5)9/h5H,4H2,1-3H3;3-4H,1-2H3;3H,1-2H3,(H,10,11);3-4H,1-2H3. The Kier molecular flexibility index (Phi) is 20.1. The summed E-state index contributed by atoms with van der Waals surface area (Å²) in [4.78, 5) is 65.8. The second-order valence-electron chi connectivity index (χ2n) is 10.2. The van der Waals surface area contributed by atoms with Crippen LogP contribution in [0.15, 0.2) is 59.3 Å². The number of esters is 4. The van der Waals surface area contributed by atoms with Crippen LogP contribution in [0.3, 0.4) is 0 Å². The van der Waals surface area contributed by atoms with Gasteiger partial charge in [0, 0.05) is 16.7 Å². The highest BCUT2D eigenvalue weighted by Crippen LogP contribution is 2.27. The Morgan fingerprint density at radius 3 is 1.74 bits per heavy atom. The Bertz CT molecular complexity index is 2010. The molecule has 0 atom stereocenters. The smallest absolute Gasteiger partial charge is 0.404 e. The first kappa shape index (κ1) is 46.8. The lowest BCUT2D eigenvalue weighted by Crippen LogP contribution is -2.35. The summed E-state index contributed by atoms with van der Waals surface area (Å²) in [6.45, 7) is 9.62. The molecule has 0 saturated carbocycles. The molecule has 0 aliphatic heterocycles. The molecule has 4 rings (SSSR count). The highest BCUT2D eigenvalue weighted by atomic mass is 79.9. The van der Waals surface area contributed by atoms with E-state index >= 15 is 0 Å². The highest BCUT2D eigenvalue weighted by molar-refractivity contribution is 9.11. The van der Waals surface area contributed by atoms with Crippen molar-refractivity contribution in [2.24, 2.45) is 0 Å². The van der Waals surface area contributed by atoms with E-state index in [2.05, 4.69) is 97.6 Å². The molecule has 4 aromatic heterocycles. The average Bonchev–Trinajstić information content (AvgIpc) is 3.14. The van der Waals surface area contributed by atoms with Gasteiger partial charge >= 0.3 is 29.6 Å². The number of aromatic amines is 1. The molecule has 0 amide bonds. The number of rotatable bonds is 6. The second kappa shape index (κ2) is 22.8. The van der Waals surface area contributed by atoms with E-state index in [-0.39, 0.29) is 22.6 Å². The minimum atomic E-state index is -0.634. The van der Waals surface area contributed by atoms with Crippen LogP contribution in [0, 0.1) is 32.9 Å². The van der Waals surface area contributed by atoms with Crippen LogP contribution in [0.5, 0.6) is 5.88 Å². The molecule has 0 aliphatic carbocycles. The maximum absolute atomic E-state index is 11.3. The maximum Gasteiger partial charge on any atom is 0.404 e. The number of hydrogen-bond acceptors (Lipinski definition) is 13. The van der Waals surface area contributed by atoms with Crippen LogP contribution in [-0.2, 0) is 18.9 Å². The molecule has 0 bridgehead atoms. The monoisotopic (exact) mass is 992 g/mol. The van der Waals surface area contributed by atoms with Gasteiger partial charge in [-0.25, -0.2) is 29.1 Å². The van der Waals surface area contributed by atoms with Crippen molar-refractivity contribution in [3.63, 3.8) is 0 Å². The van der Waals surface area contributed by atoms with Crippen molar-refractivity contribution < 1.29 is 47.6 Å². The third-order valence-corrected chi connectivity index (χ3v) is 9.99. The highest BCUT2D eigenvalue weighted by Gasteiger charge is 2.18. The number of pyridine rings is 4. The van der Waals surface area contributed by atoms with Crippen LogP contribution in [-0.4, -0.2) is 73.9 Å². The van der Waals surface area contributed by atoms with Crippen LogP contribution >= 0.6 is 63.7 Å². The number of halogens is 4. The van der Waals surface area contributed by atoms with E-state index in [1.54, 1.807) is 38.2 Å². The lowest BCUT2D eigenvalue weighted by Gasteiger charge is -2.08. The Morgan fingerprint density at radius 1 is 0.717 bits per heavy atom. The first-order valence-corrected chi connectivity index (χ1v) is 18.1. The molecule has 0 radical (unpaired) electrons. The van der Waals surface area contributed by atoms with Gasteiger partial charge in [0.15, 0.2) is 11.9 Å². The van der Waals surface area contributed by atoms with Gasteiger partial charge < -0.3 is 33.9 Å². The fraction of sp³-hybridized carbons (Fsp3) is 0.294. The molecule has 0 spiro atoms. The number of methoxy groups -OCH3 is 4. The van der Waals surface area contributed by atoms with Crippen LogP contribution in [0.2, 0.25) is 0 Å². The molecule has 0 fully saturated rings. The van der Waals surface area contributed by atoms with Crippen molar-refractivity contribution in [2.45, 2.75) is 34.6 Å². The third-order valence-electron chi connectivity index (χ3n) is 6.38. The Balaban J connectivity index is 0.000000354. The summed E-state index contributed by atoms with van der Waals surface area (Å²) in [5.74, 6) is -1.65. The third kappa shape index (κ3) is 14.3. The van der Waals surface area contributed by atoms with Crippen molar-refractivity contribution in [3.05, 3.63) is 115 Å². The molecule has 4 heterocycles. The zero-order valence-electron chi connectivity index (χ0n) is 30.0. The summed E-state index contributed by atoms with van der Waals surface area (Å²) in [6.07, 6.45) is 2.86. The van der Waals surface area contributed by atoms with Crippen molar-refractivity contribution >= 4 is 87.6 Å². The number of carbonyl (C=O) groups is 4. The van der Waals surface area contributed by atoms with Gasteiger partial charge in [0.05, 0.1) is 48.5 Å². The molecule has 15 nitrogen and oxygen atoms in total. The van der Waals surface area contributed by atoms with Crippen molar-refractivity contribution in [3.8, 4) is 5.88 Å². The molecule has 0 unspecified atom stereocenters. The van der Waals surface area contributed by atoms with Crippen molar-refractivity contribution in [1.29, 1.82) is 0 Å². The van der Waals surface area contributed by atoms with E-state index in [4.69, 9.17) is 4.74 Å². The van der Waals surface area contributed by atoms with Crippen LogP contribution in [0.25, 0.3) is 0 Å². The summed E-state index contributed by atoms with van der Waals surface area (Å²) in [7, 11) is 5.15. The second-order valence-corrected chi connectivity index (χ2v) is 13.5. The minimum absolute atomic E-state index is 0.0109. The molecule has 0 aromatic carbocycles. The number of nitrogens with zero attached hydrogens (tertiary/aromatic N) is 3. The largest absolute Gasteiger partial charge is 0.618 e. The van der Waals surface area contributed by atoms with Crippen LogP contribution < -0.4 is 15.0 Å². The summed E-state index contributed by atoms with van der Waals surface area (Å²) in [5, 5.41) is 11.2. The van der Waals surface area contributed by atoms with Gasteiger partial charge in [-0.15, -0.1) is 0 Å². The van der Waals surface area contributed by atoms with Gasteiger partial charge in [-0.1, -0.05) is 0 Å². The maximum atomic E-state index is 11.3. The Hall–Kier alpha value is -4.20. The first-order valence-electron chi connectivity index (χ1n) is 14.9. The van der Waals surface area contributed by atoms with E-state index in [1.807, 2.05) is 20.8 Å². The predicted molar refractivity (Wildman–Crippen MR) is 207 cm³/mol. The number of carbonyl (C=O) groups excluding carboxylic acids is 4. The van der Waals surface area contributed by atoms with Crippen molar-refractivity contribution in [2.75, 3.05) is 35.0 Å². The normalized spacial score (nSPS) is 9.75. The zero-order valence-corrected chi connectivity index (χ0v) is 36.4. The fourth-order valence-electron chi connectivity index (χ4n) is 3.58. The van der Waals surface area contributed by atoms with E-state index < -0.39 is 23.9 Å². The van der Waals surface area contributed by atoms with Crippen LogP contribution in [0.1, 0.15) is 71.1 Å². The van der Waals surface area contributed by atoms with E-state index in [1.165, 1.54) is 40.7 Å². The summed E-state index contributed by atoms with van der Waals surface area (Å²) in [5.41, 5.74) is 3.76. The summed E-state index contributed by atoms with van der Waals surface area (Å²) >= 11 is 12.9. The molecule has 19 heteroatoms. The van der Waals surface area contributed by atoms with Gasteiger partial charge in [-0.3, -0.25) is 4.79 Å². The lowest BCUT2D eigenvalue weighted by atomic mass is 10.2. The molecule has 4 aromatic rings. The Labute approximate surface area is 338 Å². The van der Waals surface area contributed by atoms with Crippen LogP contribution in [0.4, 0.5) is 0 Å². The minimum Gasteiger partial charge on any atom is -0.618 e.